The molecule has 162 valence electrons. The van der Waals surface area contributed by atoms with Gasteiger partial charge >= 0.3 is 17.9 Å². The lowest BCUT2D eigenvalue weighted by Gasteiger charge is -2.04. The minimum atomic E-state index is -1.18. The molecule has 0 aliphatic carbocycles. The predicted octanol–water partition coefficient (Wildman–Crippen LogP) is -2.10. The van der Waals surface area contributed by atoms with E-state index in [0.717, 1.165) is 16.5 Å². The lowest BCUT2D eigenvalue weighted by Crippen LogP contribution is -2.33. The Morgan fingerprint density at radius 3 is 1.66 bits per heavy atom. The van der Waals surface area contributed by atoms with Crippen molar-refractivity contribution < 1.29 is 39.9 Å². The molecule has 3 atom stereocenters. The predicted molar refractivity (Wildman–Crippen MR) is 103 cm³/mol. The van der Waals surface area contributed by atoms with E-state index in [9.17, 15) is 14.4 Å². The maximum atomic E-state index is 10.6. The molecule has 12 heteroatoms. The van der Waals surface area contributed by atoms with E-state index < -0.39 is 49.2 Å². The van der Waals surface area contributed by atoms with Crippen LogP contribution in [0.25, 0.3) is 10.9 Å². The van der Waals surface area contributed by atoms with Gasteiger partial charge in [-0.15, -0.1) is 0 Å². The fraction of sp³-hybridized carbons (Fsp3) is 0.353. The van der Waals surface area contributed by atoms with Gasteiger partial charge in [0.2, 0.25) is 0 Å². The first-order valence-corrected chi connectivity index (χ1v) is 8.26. The number of nitrogens with one attached hydrogen (secondary N) is 1. The molecule has 2 rings (SSSR count). The molecule has 0 aliphatic heterocycles. The molecule has 3 unspecified atom stereocenters. The molecule has 29 heavy (non-hydrogen) atoms. The van der Waals surface area contributed by atoms with E-state index in [4.69, 9.17) is 42.7 Å². The Morgan fingerprint density at radius 2 is 1.28 bits per heavy atom. The summed E-state index contributed by atoms with van der Waals surface area (Å²) in [6.45, 7) is -1.01. The number of aliphatic hydroxyl groups is 2. The highest BCUT2D eigenvalue weighted by Crippen LogP contribution is 2.18. The number of aliphatic hydroxyl groups excluding tert-OH is 2. The summed E-state index contributed by atoms with van der Waals surface area (Å²) in [5.41, 5.74) is 17.0. The van der Waals surface area contributed by atoms with Crippen LogP contribution in [0.5, 0.6) is 0 Å². The molecule has 0 aliphatic rings. The Balaban J connectivity index is 0.000000473. The summed E-state index contributed by atoms with van der Waals surface area (Å²) < 4.78 is 0. The molecule has 0 fully saturated rings. The van der Waals surface area contributed by atoms with Crippen molar-refractivity contribution in [2.45, 2.75) is 24.5 Å². The molecule has 12 nitrogen and oxygen atoms in total. The van der Waals surface area contributed by atoms with Gasteiger partial charge in [0.15, 0.2) is 0 Å². The molecule has 0 bridgehead atoms. The number of para-hydroxylation sites is 1. The number of carboxylic acid groups (broad SMARTS) is 3. The van der Waals surface area contributed by atoms with E-state index >= 15 is 0 Å². The summed E-state index contributed by atoms with van der Waals surface area (Å²) >= 11 is 0. The molecule has 0 saturated carbocycles. The van der Waals surface area contributed by atoms with E-state index in [1.807, 2.05) is 30.5 Å². The van der Waals surface area contributed by atoms with Crippen molar-refractivity contribution in [2.75, 3.05) is 13.2 Å². The van der Waals surface area contributed by atoms with Gasteiger partial charge in [-0.2, -0.15) is 0 Å². The lowest BCUT2D eigenvalue weighted by atomic mass is 10.1. The first-order valence-electron chi connectivity index (χ1n) is 8.26. The van der Waals surface area contributed by atoms with Crippen LogP contribution < -0.4 is 17.2 Å². The third-order valence-corrected chi connectivity index (χ3v) is 3.46. The average Bonchev–Trinajstić information content (AvgIpc) is 3.10. The first kappa shape index (κ1) is 26.0. The fourth-order valence-corrected chi connectivity index (χ4v) is 1.78. The number of rotatable bonds is 7. The number of hydrogen-bond acceptors (Lipinski definition) is 8. The normalized spacial score (nSPS) is 13.1. The molecule has 0 amide bonds. The summed E-state index contributed by atoms with van der Waals surface area (Å²) in [4.78, 5) is 33.0. The summed E-state index contributed by atoms with van der Waals surface area (Å²) in [5, 5.41) is 41.5. The van der Waals surface area contributed by atoms with Crippen molar-refractivity contribution in [1.82, 2.24) is 4.98 Å². The van der Waals surface area contributed by atoms with Gasteiger partial charge in [0.1, 0.15) is 18.1 Å². The molecular formula is C17H26N4O8. The van der Waals surface area contributed by atoms with Crippen LogP contribution in [0.4, 0.5) is 0 Å². The SMILES string of the molecule is NC(CO)C(=O)O.NC(CO)C(=O)O.NC(Cc1c[nH]c2ccccc12)C(=O)O. The summed E-state index contributed by atoms with van der Waals surface area (Å²) in [6, 6.07) is 4.66. The van der Waals surface area contributed by atoms with Crippen LogP contribution in [0, 0.1) is 0 Å². The van der Waals surface area contributed by atoms with Crippen molar-refractivity contribution >= 4 is 28.8 Å². The Hall–Kier alpha value is -3.03. The second-order valence-corrected chi connectivity index (χ2v) is 5.76. The Morgan fingerprint density at radius 1 is 0.828 bits per heavy atom. The van der Waals surface area contributed by atoms with Gasteiger partial charge in [-0.25, -0.2) is 0 Å². The van der Waals surface area contributed by atoms with E-state index in [0.29, 0.717) is 6.42 Å². The van der Waals surface area contributed by atoms with Crippen LogP contribution in [0.3, 0.4) is 0 Å². The molecule has 12 N–H and O–H groups in total. The summed E-state index contributed by atoms with van der Waals surface area (Å²) in [6.07, 6.45) is 2.16. The van der Waals surface area contributed by atoms with Crippen LogP contribution in [-0.2, 0) is 20.8 Å². The van der Waals surface area contributed by atoms with Crippen LogP contribution in [0.15, 0.2) is 30.5 Å². The molecular weight excluding hydrogens is 388 g/mol. The highest BCUT2D eigenvalue weighted by Gasteiger charge is 2.14. The number of aromatic amines is 1. The van der Waals surface area contributed by atoms with Gasteiger partial charge in [-0.05, 0) is 11.6 Å². The third-order valence-electron chi connectivity index (χ3n) is 3.46. The fourth-order valence-electron chi connectivity index (χ4n) is 1.78. The summed E-state index contributed by atoms with van der Waals surface area (Å²) in [5.74, 6) is -3.33. The van der Waals surface area contributed by atoms with Crippen LogP contribution in [0.1, 0.15) is 5.56 Å². The smallest absolute Gasteiger partial charge is 0.322 e. The number of benzene rings is 1. The Labute approximate surface area is 165 Å². The number of H-pyrrole nitrogens is 1. The second kappa shape index (κ2) is 13.2. The van der Waals surface area contributed by atoms with E-state index in [-0.39, 0.29) is 0 Å². The quantitative estimate of drug-likeness (QED) is 0.237. The standard InChI is InChI=1S/C11H12N2O2.2C3H7NO3/c12-9(11(14)15)5-7-6-13-10-4-2-1-3-8(7)10;2*4-2(1-5)3(6)7/h1-4,6,9,13H,5,12H2,(H,14,15);2*2,5H,1,4H2,(H,6,7). The van der Waals surface area contributed by atoms with Gasteiger partial charge in [0, 0.05) is 23.5 Å². The molecule has 0 saturated heterocycles. The molecule has 1 heterocycles. The molecule has 0 radical (unpaired) electrons. The van der Waals surface area contributed by atoms with Gasteiger partial charge in [-0.3, -0.25) is 14.4 Å². The van der Waals surface area contributed by atoms with E-state index in [1.54, 1.807) is 0 Å². The third kappa shape index (κ3) is 9.64. The minimum Gasteiger partial charge on any atom is -0.480 e. The maximum Gasteiger partial charge on any atom is 0.322 e. The molecule has 2 aromatic rings. The topological polar surface area (TPSA) is 246 Å². The van der Waals surface area contributed by atoms with Gasteiger partial charge in [-0.1, -0.05) is 18.2 Å². The monoisotopic (exact) mass is 414 g/mol. The van der Waals surface area contributed by atoms with Crippen molar-refractivity contribution in [3.63, 3.8) is 0 Å². The zero-order chi connectivity index (χ0) is 22.6. The zero-order valence-electron chi connectivity index (χ0n) is 15.4. The van der Waals surface area contributed by atoms with Crippen LogP contribution in [-0.4, -0.2) is 79.8 Å². The highest BCUT2D eigenvalue weighted by molar-refractivity contribution is 5.84. The zero-order valence-corrected chi connectivity index (χ0v) is 15.4. The molecule has 1 aromatic carbocycles. The Bertz CT molecular complexity index is 775. The van der Waals surface area contributed by atoms with Gasteiger partial charge < -0.3 is 47.7 Å². The number of nitrogens with two attached hydrogens (primary N) is 3. The number of fused-ring (bicyclic) bond motifs is 1. The highest BCUT2D eigenvalue weighted by atomic mass is 16.4. The largest absolute Gasteiger partial charge is 0.480 e. The number of carboxylic acids is 3. The number of carbonyl (C=O) groups is 3. The molecule has 1 aromatic heterocycles. The minimum absolute atomic E-state index is 0.347. The number of aromatic nitrogens is 1. The average molecular weight is 414 g/mol. The number of hydrogen-bond donors (Lipinski definition) is 9. The molecule has 0 spiro atoms. The number of aliphatic carboxylic acids is 3. The lowest BCUT2D eigenvalue weighted by molar-refractivity contribution is -0.140. The van der Waals surface area contributed by atoms with Crippen molar-refractivity contribution in [2.24, 2.45) is 17.2 Å². The van der Waals surface area contributed by atoms with E-state index in [2.05, 4.69) is 4.98 Å². The Kier molecular flexibility index (Phi) is 11.8. The van der Waals surface area contributed by atoms with Crippen LogP contribution >= 0.6 is 0 Å². The van der Waals surface area contributed by atoms with E-state index in [1.165, 1.54) is 0 Å². The van der Waals surface area contributed by atoms with Gasteiger partial charge in [0.25, 0.3) is 0 Å². The summed E-state index contributed by atoms with van der Waals surface area (Å²) in [7, 11) is 0. The second-order valence-electron chi connectivity index (χ2n) is 5.76. The maximum absolute atomic E-state index is 10.6. The van der Waals surface area contributed by atoms with Gasteiger partial charge in [0.05, 0.1) is 13.2 Å². The first-order chi connectivity index (χ1) is 13.5. The van der Waals surface area contributed by atoms with Crippen molar-refractivity contribution in [3.05, 3.63) is 36.0 Å². The van der Waals surface area contributed by atoms with Crippen LogP contribution in [0.2, 0.25) is 0 Å². The van der Waals surface area contributed by atoms with Crippen molar-refractivity contribution in [3.8, 4) is 0 Å². The van der Waals surface area contributed by atoms with Crippen molar-refractivity contribution in [1.29, 1.82) is 0 Å².